The van der Waals surface area contributed by atoms with Crippen LogP contribution in [-0.4, -0.2) is 21.7 Å². The molecule has 5 nitrogen and oxygen atoms in total. The van der Waals surface area contributed by atoms with Gasteiger partial charge in [-0.25, -0.2) is 0 Å². The maximum atomic E-state index is 12.7. The number of thioether (sulfide) groups is 1. The van der Waals surface area contributed by atoms with E-state index in [-0.39, 0.29) is 23.8 Å². The zero-order valence-corrected chi connectivity index (χ0v) is 14.8. The van der Waals surface area contributed by atoms with Gasteiger partial charge in [-0.3, -0.25) is 9.59 Å². The molecule has 0 spiro atoms. The van der Waals surface area contributed by atoms with Crippen molar-refractivity contribution in [3.8, 4) is 0 Å². The standard InChI is InChI=1S/C19H17N3O2S/c1-22-17-16(18(24)21-19(22)25-2)14(10-15(23)20-17)13-8-7-11-5-3-4-6-12(11)9-13/h3-9,14H,10H2,1-2H3,(H,20,23). The molecule has 3 aromatic rings. The maximum Gasteiger partial charge on any atom is 0.279 e. The molecule has 126 valence electrons. The van der Waals surface area contributed by atoms with Gasteiger partial charge in [0.2, 0.25) is 5.91 Å². The molecule has 6 heteroatoms. The highest BCUT2D eigenvalue weighted by Crippen LogP contribution is 2.36. The predicted octanol–water partition coefficient (Wildman–Crippen LogP) is 3.13. The third-order valence-corrected chi connectivity index (χ3v) is 5.39. The van der Waals surface area contributed by atoms with Crippen LogP contribution in [0.15, 0.2) is 52.4 Å². The Kier molecular flexibility index (Phi) is 3.84. The minimum Gasteiger partial charge on any atom is -0.312 e. The number of amides is 1. The second-order valence-corrected chi connectivity index (χ2v) is 6.91. The van der Waals surface area contributed by atoms with E-state index in [0.717, 1.165) is 16.3 Å². The number of hydrogen-bond donors (Lipinski definition) is 1. The first-order chi connectivity index (χ1) is 12.1. The molecule has 0 aliphatic carbocycles. The van der Waals surface area contributed by atoms with E-state index in [0.29, 0.717) is 16.5 Å². The van der Waals surface area contributed by atoms with E-state index in [1.165, 1.54) is 11.8 Å². The van der Waals surface area contributed by atoms with Crippen LogP contribution in [0.2, 0.25) is 0 Å². The minimum absolute atomic E-state index is 0.0843. The van der Waals surface area contributed by atoms with Crippen molar-refractivity contribution in [1.29, 1.82) is 0 Å². The Bertz CT molecular complexity index is 1060. The Hall–Kier alpha value is -2.60. The van der Waals surface area contributed by atoms with Gasteiger partial charge in [-0.2, -0.15) is 4.98 Å². The van der Waals surface area contributed by atoms with Gasteiger partial charge >= 0.3 is 0 Å². The molecule has 1 amide bonds. The van der Waals surface area contributed by atoms with Gasteiger partial charge in [0, 0.05) is 19.4 Å². The first kappa shape index (κ1) is 15.9. The summed E-state index contributed by atoms with van der Waals surface area (Å²) < 4.78 is 1.78. The lowest BCUT2D eigenvalue weighted by molar-refractivity contribution is -0.116. The first-order valence-corrected chi connectivity index (χ1v) is 9.24. The van der Waals surface area contributed by atoms with Crippen LogP contribution < -0.4 is 10.9 Å². The van der Waals surface area contributed by atoms with Crippen LogP contribution in [0.5, 0.6) is 0 Å². The third-order valence-electron chi connectivity index (χ3n) is 4.66. The molecule has 1 aliphatic rings. The number of nitrogens with one attached hydrogen (secondary N) is 1. The second kappa shape index (κ2) is 6.04. The van der Waals surface area contributed by atoms with Crippen molar-refractivity contribution in [3.05, 3.63) is 63.9 Å². The van der Waals surface area contributed by atoms with Crippen molar-refractivity contribution >= 4 is 34.3 Å². The van der Waals surface area contributed by atoms with Gasteiger partial charge in [0.15, 0.2) is 5.16 Å². The summed E-state index contributed by atoms with van der Waals surface area (Å²) in [6.45, 7) is 0. The fourth-order valence-corrected chi connectivity index (χ4v) is 3.97. The first-order valence-electron chi connectivity index (χ1n) is 8.02. The molecule has 1 aromatic heterocycles. The Balaban J connectivity index is 1.93. The average molecular weight is 351 g/mol. The highest BCUT2D eigenvalue weighted by molar-refractivity contribution is 7.98. The van der Waals surface area contributed by atoms with Crippen LogP contribution in [0.1, 0.15) is 23.5 Å². The average Bonchev–Trinajstić information content (AvgIpc) is 2.63. The Morgan fingerprint density at radius 1 is 1.16 bits per heavy atom. The molecular weight excluding hydrogens is 334 g/mol. The molecule has 1 unspecified atom stereocenters. The Morgan fingerprint density at radius 2 is 1.92 bits per heavy atom. The van der Waals surface area contributed by atoms with E-state index >= 15 is 0 Å². The molecule has 0 saturated heterocycles. The smallest absolute Gasteiger partial charge is 0.279 e. The fraction of sp³-hybridized carbons (Fsp3) is 0.211. The topological polar surface area (TPSA) is 64.0 Å². The van der Waals surface area contributed by atoms with Crippen LogP contribution in [0.3, 0.4) is 0 Å². The van der Waals surface area contributed by atoms with E-state index in [4.69, 9.17) is 0 Å². The summed E-state index contributed by atoms with van der Waals surface area (Å²) in [7, 11) is 1.82. The largest absolute Gasteiger partial charge is 0.312 e. The predicted molar refractivity (Wildman–Crippen MR) is 100 cm³/mol. The number of benzene rings is 2. The molecule has 2 aromatic carbocycles. The zero-order valence-electron chi connectivity index (χ0n) is 13.9. The molecule has 2 heterocycles. The highest BCUT2D eigenvalue weighted by Gasteiger charge is 2.32. The Morgan fingerprint density at radius 3 is 2.68 bits per heavy atom. The van der Waals surface area contributed by atoms with Crippen LogP contribution in [-0.2, 0) is 11.8 Å². The number of fused-ring (bicyclic) bond motifs is 2. The van der Waals surface area contributed by atoms with Crippen molar-refractivity contribution in [3.63, 3.8) is 0 Å². The summed E-state index contributed by atoms with van der Waals surface area (Å²) in [4.78, 5) is 29.1. The molecule has 0 radical (unpaired) electrons. The minimum atomic E-state index is -0.282. The SMILES string of the molecule is CSc1nc(=O)c2c(n1C)NC(=O)CC2c1ccc2ccccc2c1. The molecule has 0 saturated carbocycles. The van der Waals surface area contributed by atoms with E-state index in [1.807, 2.05) is 49.7 Å². The quantitative estimate of drug-likeness (QED) is 0.569. The van der Waals surface area contributed by atoms with Crippen LogP contribution in [0, 0.1) is 0 Å². The summed E-state index contributed by atoms with van der Waals surface area (Å²) in [5.41, 5.74) is 1.26. The fourth-order valence-electron chi connectivity index (χ4n) is 3.43. The van der Waals surface area contributed by atoms with E-state index in [2.05, 4.69) is 16.4 Å². The van der Waals surface area contributed by atoms with Gasteiger partial charge in [0.05, 0.1) is 5.56 Å². The van der Waals surface area contributed by atoms with Crippen molar-refractivity contribution < 1.29 is 4.79 Å². The number of nitrogens with zero attached hydrogens (tertiary/aromatic N) is 2. The normalized spacial score (nSPS) is 16.6. The highest BCUT2D eigenvalue weighted by atomic mass is 32.2. The van der Waals surface area contributed by atoms with Crippen molar-refractivity contribution in [2.45, 2.75) is 17.5 Å². The van der Waals surface area contributed by atoms with E-state index in [9.17, 15) is 9.59 Å². The molecule has 0 fully saturated rings. The van der Waals surface area contributed by atoms with Gasteiger partial charge in [-0.15, -0.1) is 0 Å². The zero-order chi connectivity index (χ0) is 17.6. The van der Waals surface area contributed by atoms with Gasteiger partial charge in [0.25, 0.3) is 5.56 Å². The lowest BCUT2D eigenvalue weighted by Gasteiger charge is -2.27. The molecule has 25 heavy (non-hydrogen) atoms. The molecule has 1 atom stereocenters. The number of carbonyl (C=O) groups is 1. The van der Waals surface area contributed by atoms with Crippen molar-refractivity contribution in [2.75, 3.05) is 11.6 Å². The molecular formula is C19H17N3O2S. The van der Waals surface area contributed by atoms with Crippen molar-refractivity contribution in [2.24, 2.45) is 7.05 Å². The summed E-state index contributed by atoms with van der Waals surface area (Å²) in [6.07, 6.45) is 2.11. The van der Waals surface area contributed by atoms with E-state index in [1.54, 1.807) is 4.57 Å². The number of carbonyl (C=O) groups excluding carboxylic acids is 1. The van der Waals surface area contributed by atoms with Gasteiger partial charge < -0.3 is 9.88 Å². The number of aromatic nitrogens is 2. The van der Waals surface area contributed by atoms with Gasteiger partial charge in [-0.1, -0.05) is 54.2 Å². The second-order valence-electron chi connectivity index (χ2n) is 6.14. The molecule has 4 rings (SSSR count). The van der Waals surface area contributed by atoms with E-state index < -0.39 is 0 Å². The maximum absolute atomic E-state index is 12.7. The molecule has 1 N–H and O–H groups in total. The van der Waals surface area contributed by atoms with Crippen LogP contribution in [0.4, 0.5) is 5.82 Å². The number of hydrogen-bond acceptors (Lipinski definition) is 4. The Labute approximate surface area is 149 Å². The van der Waals surface area contributed by atoms with Gasteiger partial charge in [-0.05, 0) is 22.6 Å². The van der Waals surface area contributed by atoms with Crippen LogP contribution in [0.25, 0.3) is 10.8 Å². The molecule has 0 bridgehead atoms. The number of rotatable bonds is 2. The lowest BCUT2D eigenvalue weighted by Crippen LogP contribution is -2.33. The molecule has 1 aliphatic heterocycles. The summed E-state index contributed by atoms with van der Waals surface area (Å²) in [5, 5.41) is 5.67. The lowest BCUT2D eigenvalue weighted by atomic mass is 9.86. The third kappa shape index (κ3) is 2.62. The van der Waals surface area contributed by atoms with Crippen molar-refractivity contribution in [1.82, 2.24) is 9.55 Å². The summed E-state index contributed by atoms with van der Waals surface area (Å²) in [5.74, 6) is 0.188. The monoisotopic (exact) mass is 351 g/mol. The number of anilines is 1. The summed E-state index contributed by atoms with van der Waals surface area (Å²) in [6, 6.07) is 14.2. The van der Waals surface area contributed by atoms with Crippen LogP contribution >= 0.6 is 11.8 Å². The summed E-state index contributed by atoms with van der Waals surface area (Å²) >= 11 is 1.38. The van der Waals surface area contributed by atoms with Gasteiger partial charge in [0.1, 0.15) is 5.82 Å².